The molecule has 1 aromatic carbocycles. The van der Waals surface area contributed by atoms with Crippen LogP contribution in [0.15, 0.2) is 27.3 Å². The molecule has 20 heavy (non-hydrogen) atoms. The van der Waals surface area contributed by atoms with E-state index in [1.165, 1.54) is 6.92 Å². The number of fused-ring (bicyclic) bond motifs is 3. The Hall–Kier alpha value is -1.40. The fraction of sp³-hybridized carbons (Fsp3) is 0.143. The molecule has 0 fully saturated rings. The van der Waals surface area contributed by atoms with Gasteiger partial charge < -0.3 is 9.72 Å². The van der Waals surface area contributed by atoms with Gasteiger partial charge >= 0.3 is 5.97 Å². The van der Waals surface area contributed by atoms with Crippen molar-refractivity contribution < 1.29 is 9.53 Å². The van der Waals surface area contributed by atoms with Gasteiger partial charge in [0.1, 0.15) is 10.4 Å². The van der Waals surface area contributed by atoms with E-state index in [1.807, 2.05) is 25.1 Å². The topological polar surface area (TPSA) is 55.0 Å². The molecule has 0 unspecified atom stereocenters. The number of esters is 1. The van der Waals surface area contributed by atoms with Crippen molar-refractivity contribution in [2.24, 2.45) is 0 Å². The van der Waals surface area contributed by atoms with Gasteiger partial charge in [-0.05, 0) is 50.9 Å². The molecular formula is C14H10Br2N2O2. The quantitative estimate of drug-likeness (QED) is 0.374. The number of carbonyl (C=O) groups is 1. The summed E-state index contributed by atoms with van der Waals surface area (Å²) in [5, 5.41) is 2.13. The second-order valence-electron chi connectivity index (χ2n) is 4.50. The van der Waals surface area contributed by atoms with E-state index in [-0.39, 0.29) is 5.97 Å². The Kier molecular flexibility index (Phi) is 3.30. The number of aromatic nitrogens is 2. The number of nitrogens with zero attached hydrogens (tertiary/aromatic N) is 1. The number of pyridine rings is 1. The lowest BCUT2D eigenvalue weighted by Gasteiger charge is -2.04. The van der Waals surface area contributed by atoms with E-state index in [4.69, 9.17) is 4.74 Å². The van der Waals surface area contributed by atoms with E-state index in [9.17, 15) is 4.79 Å². The molecule has 0 aliphatic carbocycles. The summed E-state index contributed by atoms with van der Waals surface area (Å²) in [6, 6.07) is 5.73. The molecule has 4 nitrogen and oxygen atoms in total. The summed E-state index contributed by atoms with van der Waals surface area (Å²) in [5.41, 5.74) is 2.80. The first-order valence-corrected chi connectivity index (χ1v) is 7.51. The zero-order valence-corrected chi connectivity index (χ0v) is 13.9. The normalized spacial score (nSPS) is 11.2. The van der Waals surface area contributed by atoms with E-state index >= 15 is 0 Å². The van der Waals surface area contributed by atoms with Gasteiger partial charge in [-0.1, -0.05) is 0 Å². The number of halogens is 2. The van der Waals surface area contributed by atoms with Crippen LogP contribution in [0, 0.1) is 6.92 Å². The Morgan fingerprint density at radius 3 is 2.70 bits per heavy atom. The summed E-state index contributed by atoms with van der Waals surface area (Å²) in [4.78, 5) is 18.8. The van der Waals surface area contributed by atoms with Gasteiger partial charge in [-0.15, -0.1) is 0 Å². The van der Waals surface area contributed by atoms with Gasteiger partial charge in [0.2, 0.25) is 0 Å². The standard InChI is InChI=1S/C14H10Br2N2O2/c1-6-14-9(4-13(16)17-6)8-3-10(15)12(20-7(2)19)5-11(8)18-14/h3-5,18H,1-2H3. The second-order valence-corrected chi connectivity index (χ2v) is 6.17. The zero-order valence-electron chi connectivity index (χ0n) is 10.8. The highest BCUT2D eigenvalue weighted by molar-refractivity contribution is 9.10. The molecule has 3 rings (SSSR count). The summed E-state index contributed by atoms with van der Waals surface area (Å²) in [5.74, 6) is 0.156. The smallest absolute Gasteiger partial charge is 0.308 e. The lowest BCUT2D eigenvalue weighted by atomic mass is 10.1. The summed E-state index contributed by atoms with van der Waals surface area (Å²) in [6.45, 7) is 3.33. The lowest BCUT2D eigenvalue weighted by molar-refractivity contribution is -0.131. The second kappa shape index (κ2) is 4.86. The Labute approximate surface area is 131 Å². The first kappa shape index (κ1) is 13.6. The number of aromatic amines is 1. The molecule has 2 heterocycles. The van der Waals surface area contributed by atoms with Crippen LogP contribution in [0.4, 0.5) is 0 Å². The Balaban J connectivity index is 2.34. The molecule has 0 aliphatic rings. The Morgan fingerprint density at radius 1 is 1.25 bits per heavy atom. The lowest BCUT2D eigenvalue weighted by Crippen LogP contribution is -2.01. The summed E-state index contributed by atoms with van der Waals surface area (Å²) < 4.78 is 6.71. The molecule has 6 heteroatoms. The van der Waals surface area contributed by atoms with Crippen molar-refractivity contribution >= 4 is 59.6 Å². The minimum absolute atomic E-state index is 0.346. The van der Waals surface area contributed by atoms with Crippen molar-refractivity contribution in [3.8, 4) is 5.75 Å². The molecular weight excluding hydrogens is 388 g/mol. The van der Waals surface area contributed by atoms with Gasteiger partial charge in [0.05, 0.1) is 21.2 Å². The third-order valence-corrected chi connectivity index (χ3v) is 4.07. The fourth-order valence-corrected chi connectivity index (χ4v) is 3.17. The molecule has 0 bridgehead atoms. The molecule has 2 aromatic heterocycles. The van der Waals surface area contributed by atoms with Crippen molar-refractivity contribution in [1.82, 2.24) is 9.97 Å². The van der Waals surface area contributed by atoms with Crippen molar-refractivity contribution in [3.63, 3.8) is 0 Å². The molecule has 0 saturated carbocycles. The minimum atomic E-state index is -0.346. The Bertz CT molecular complexity index is 855. The van der Waals surface area contributed by atoms with Crippen LogP contribution in [-0.4, -0.2) is 15.9 Å². The number of rotatable bonds is 1. The average molecular weight is 398 g/mol. The van der Waals surface area contributed by atoms with Crippen LogP contribution in [0.3, 0.4) is 0 Å². The maximum Gasteiger partial charge on any atom is 0.308 e. The highest BCUT2D eigenvalue weighted by Crippen LogP contribution is 2.35. The number of H-pyrrole nitrogens is 1. The van der Waals surface area contributed by atoms with Gasteiger partial charge in [-0.2, -0.15) is 0 Å². The van der Waals surface area contributed by atoms with E-state index in [1.54, 1.807) is 0 Å². The highest BCUT2D eigenvalue weighted by Gasteiger charge is 2.13. The van der Waals surface area contributed by atoms with Crippen molar-refractivity contribution in [3.05, 3.63) is 33.0 Å². The number of hydrogen-bond donors (Lipinski definition) is 1. The fourth-order valence-electron chi connectivity index (χ4n) is 2.25. The van der Waals surface area contributed by atoms with E-state index in [0.717, 1.165) is 36.6 Å². The van der Waals surface area contributed by atoms with Crippen LogP contribution >= 0.6 is 31.9 Å². The van der Waals surface area contributed by atoms with Crippen molar-refractivity contribution in [1.29, 1.82) is 0 Å². The van der Waals surface area contributed by atoms with E-state index in [0.29, 0.717) is 5.75 Å². The maximum absolute atomic E-state index is 11.1. The molecule has 0 amide bonds. The van der Waals surface area contributed by atoms with Crippen LogP contribution in [-0.2, 0) is 4.79 Å². The zero-order chi connectivity index (χ0) is 14.4. The number of nitrogens with one attached hydrogen (secondary N) is 1. The third kappa shape index (κ3) is 2.23. The summed E-state index contributed by atoms with van der Waals surface area (Å²) in [7, 11) is 0. The van der Waals surface area contributed by atoms with Gasteiger partial charge in [-0.25, -0.2) is 4.98 Å². The van der Waals surface area contributed by atoms with Crippen LogP contribution in [0.1, 0.15) is 12.6 Å². The minimum Gasteiger partial charge on any atom is -0.425 e. The van der Waals surface area contributed by atoms with Crippen LogP contribution < -0.4 is 4.74 Å². The van der Waals surface area contributed by atoms with Gasteiger partial charge in [-0.3, -0.25) is 4.79 Å². The molecule has 0 spiro atoms. The molecule has 3 aromatic rings. The monoisotopic (exact) mass is 396 g/mol. The van der Waals surface area contributed by atoms with Crippen molar-refractivity contribution in [2.45, 2.75) is 13.8 Å². The number of carbonyl (C=O) groups excluding carboxylic acids is 1. The predicted octanol–water partition coefficient (Wildman–Crippen LogP) is 4.47. The number of benzene rings is 1. The number of aryl methyl sites for hydroxylation is 1. The molecule has 0 atom stereocenters. The van der Waals surface area contributed by atoms with E-state index < -0.39 is 0 Å². The average Bonchev–Trinajstić information content (AvgIpc) is 2.68. The molecule has 0 aliphatic heterocycles. The summed E-state index contributed by atoms with van der Waals surface area (Å²) >= 11 is 6.85. The molecule has 0 radical (unpaired) electrons. The van der Waals surface area contributed by atoms with Crippen LogP contribution in [0.2, 0.25) is 0 Å². The predicted molar refractivity (Wildman–Crippen MR) is 85.0 cm³/mol. The molecule has 0 saturated heterocycles. The highest BCUT2D eigenvalue weighted by atomic mass is 79.9. The molecule has 1 N–H and O–H groups in total. The summed E-state index contributed by atoms with van der Waals surface area (Å²) in [6.07, 6.45) is 0. The first-order valence-electron chi connectivity index (χ1n) is 5.92. The first-order chi connectivity index (χ1) is 9.45. The maximum atomic E-state index is 11.1. The third-order valence-electron chi connectivity index (χ3n) is 3.04. The largest absolute Gasteiger partial charge is 0.425 e. The van der Waals surface area contributed by atoms with Crippen molar-refractivity contribution in [2.75, 3.05) is 0 Å². The van der Waals surface area contributed by atoms with Crippen LogP contribution in [0.25, 0.3) is 21.8 Å². The molecule has 102 valence electrons. The number of ether oxygens (including phenoxy) is 1. The number of hydrogen-bond acceptors (Lipinski definition) is 3. The van der Waals surface area contributed by atoms with Gasteiger partial charge in [0.15, 0.2) is 0 Å². The van der Waals surface area contributed by atoms with Gasteiger partial charge in [0.25, 0.3) is 0 Å². The van der Waals surface area contributed by atoms with Gasteiger partial charge in [0, 0.05) is 23.8 Å². The SMILES string of the molecule is CC(=O)Oc1cc2[nH]c3c(C)nc(Br)cc3c2cc1Br. The van der Waals surface area contributed by atoms with Crippen LogP contribution in [0.5, 0.6) is 5.75 Å². The van der Waals surface area contributed by atoms with E-state index in [2.05, 4.69) is 41.8 Å². The Morgan fingerprint density at radius 2 is 2.00 bits per heavy atom.